The summed E-state index contributed by atoms with van der Waals surface area (Å²) in [5, 5.41) is 9.03. The molecule has 0 radical (unpaired) electrons. The minimum atomic E-state index is -0.308. The summed E-state index contributed by atoms with van der Waals surface area (Å²) in [6, 6.07) is 7.00. The first-order valence-corrected chi connectivity index (χ1v) is 5.02. The smallest absolute Gasteiger partial charge is 0.168 e. The quantitative estimate of drug-likeness (QED) is 0.752. The molecule has 0 aromatic heterocycles. The van der Waals surface area contributed by atoms with Crippen LogP contribution in [-0.2, 0) is 0 Å². The minimum Gasteiger partial charge on any atom is -0.497 e. The molecule has 3 nitrogen and oxygen atoms in total. The number of methoxy groups -OCH3 is 1. The fourth-order valence-corrected chi connectivity index (χ4v) is 1.41. The molecule has 1 N–H and O–H groups in total. The monoisotopic (exact) mass is 208 g/mol. The number of ketones is 1. The normalized spacial score (nSPS) is 12.2. The zero-order chi connectivity index (χ0) is 11.3. The second-order valence-corrected chi connectivity index (χ2v) is 3.38. The maximum Gasteiger partial charge on any atom is 0.168 e. The van der Waals surface area contributed by atoms with Crippen molar-refractivity contribution < 1.29 is 14.6 Å². The van der Waals surface area contributed by atoms with E-state index in [9.17, 15) is 4.79 Å². The van der Waals surface area contributed by atoms with E-state index < -0.39 is 0 Å². The Labute approximate surface area is 89.7 Å². The summed E-state index contributed by atoms with van der Waals surface area (Å²) in [6.07, 6.45) is 0.645. The van der Waals surface area contributed by atoms with Gasteiger partial charge in [-0.05, 0) is 18.6 Å². The van der Waals surface area contributed by atoms with E-state index in [2.05, 4.69) is 0 Å². The average Bonchev–Trinajstić information content (AvgIpc) is 2.30. The van der Waals surface area contributed by atoms with E-state index in [1.54, 1.807) is 31.4 Å². The number of aliphatic hydroxyl groups excluding tert-OH is 1. The van der Waals surface area contributed by atoms with Crippen LogP contribution in [0.4, 0.5) is 0 Å². The average molecular weight is 208 g/mol. The number of hydrogen-bond donors (Lipinski definition) is 1. The number of ether oxygens (including phenoxy) is 1. The Balaban J connectivity index is 2.90. The molecule has 3 heteroatoms. The molecule has 0 spiro atoms. The third-order valence-electron chi connectivity index (χ3n) is 2.44. The molecular formula is C12H16O3. The molecular weight excluding hydrogens is 192 g/mol. The van der Waals surface area contributed by atoms with Crippen LogP contribution in [-0.4, -0.2) is 24.6 Å². The van der Waals surface area contributed by atoms with Gasteiger partial charge in [0.25, 0.3) is 0 Å². The molecule has 0 bridgehead atoms. The van der Waals surface area contributed by atoms with Crippen molar-refractivity contribution in [2.75, 3.05) is 13.7 Å². The Morgan fingerprint density at radius 2 is 2.27 bits per heavy atom. The molecule has 0 saturated heterocycles. The zero-order valence-corrected chi connectivity index (χ0v) is 9.06. The van der Waals surface area contributed by atoms with Crippen LogP contribution in [0.2, 0.25) is 0 Å². The lowest BCUT2D eigenvalue weighted by Gasteiger charge is -2.10. The maximum absolute atomic E-state index is 11.9. The molecule has 1 atom stereocenters. The second kappa shape index (κ2) is 5.51. The Hall–Kier alpha value is -1.35. The summed E-state index contributed by atoms with van der Waals surface area (Å²) >= 11 is 0. The lowest BCUT2D eigenvalue weighted by molar-refractivity contribution is 0.0856. The van der Waals surface area contributed by atoms with Crippen molar-refractivity contribution >= 4 is 5.78 Å². The third-order valence-corrected chi connectivity index (χ3v) is 2.44. The predicted octanol–water partition coefficient (Wildman–Crippen LogP) is 1.90. The van der Waals surface area contributed by atoms with E-state index in [1.807, 2.05) is 6.92 Å². The Morgan fingerprint density at radius 1 is 1.53 bits per heavy atom. The Kier molecular flexibility index (Phi) is 4.31. The molecule has 0 heterocycles. The number of carbonyl (C=O) groups excluding carboxylic acids is 1. The summed E-state index contributed by atoms with van der Waals surface area (Å²) < 4.78 is 5.04. The van der Waals surface area contributed by atoms with Crippen molar-refractivity contribution in [2.45, 2.75) is 13.3 Å². The number of aliphatic hydroxyl groups is 1. The van der Waals surface area contributed by atoms with Crippen LogP contribution < -0.4 is 4.74 Å². The number of rotatable bonds is 5. The molecule has 15 heavy (non-hydrogen) atoms. The Morgan fingerprint density at radius 3 is 2.80 bits per heavy atom. The topological polar surface area (TPSA) is 46.5 Å². The fraction of sp³-hybridized carbons (Fsp3) is 0.417. The van der Waals surface area contributed by atoms with E-state index in [-0.39, 0.29) is 18.3 Å². The Bertz CT molecular complexity index is 329. The summed E-state index contributed by atoms with van der Waals surface area (Å²) in [6.45, 7) is 1.78. The highest BCUT2D eigenvalue weighted by Crippen LogP contribution is 2.17. The largest absolute Gasteiger partial charge is 0.497 e. The molecule has 1 rings (SSSR count). The first-order valence-electron chi connectivity index (χ1n) is 5.02. The van der Waals surface area contributed by atoms with Crippen LogP contribution in [0.3, 0.4) is 0 Å². The van der Waals surface area contributed by atoms with Crippen LogP contribution in [0.15, 0.2) is 24.3 Å². The molecule has 0 aliphatic rings. The van der Waals surface area contributed by atoms with Gasteiger partial charge in [-0.1, -0.05) is 19.1 Å². The van der Waals surface area contributed by atoms with Crippen molar-refractivity contribution in [3.63, 3.8) is 0 Å². The van der Waals surface area contributed by atoms with Gasteiger partial charge >= 0.3 is 0 Å². The van der Waals surface area contributed by atoms with E-state index in [4.69, 9.17) is 9.84 Å². The van der Waals surface area contributed by atoms with Gasteiger partial charge in [-0.2, -0.15) is 0 Å². The van der Waals surface area contributed by atoms with Gasteiger partial charge in [0.1, 0.15) is 5.75 Å². The summed E-state index contributed by atoms with van der Waals surface area (Å²) in [5.41, 5.74) is 0.593. The number of hydrogen-bond acceptors (Lipinski definition) is 3. The van der Waals surface area contributed by atoms with Gasteiger partial charge in [-0.25, -0.2) is 0 Å². The van der Waals surface area contributed by atoms with Crippen molar-refractivity contribution in [3.05, 3.63) is 29.8 Å². The van der Waals surface area contributed by atoms with Gasteiger partial charge in [0, 0.05) is 11.5 Å². The summed E-state index contributed by atoms with van der Waals surface area (Å²) in [5.74, 6) is 0.324. The molecule has 0 amide bonds. The van der Waals surface area contributed by atoms with Gasteiger partial charge in [0.05, 0.1) is 13.7 Å². The zero-order valence-electron chi connectivity index (χ0n) is 9.06. The minimum absolute atomic E-state index is 0.0288. The van der Waals surface area contributed by atoms with E-state index in [1.165, 1.54) is 0 Å². The second-order valence-electron chi connectivity index (χ2n) is 3.38. The summed E-state index contributed by atoms with van der Waals surface area (Å²) in [7, 11) is 1.56. The van der Waals surface area contributed by atoms with Gasteiger partial charge in [0.2, 0.25) is 0 Å². The SMILES string of the molecule is CCC(CO)C(=O)c1cccc(OC)c1. The molecule has 1 aromatic carbocycles. The summed E-state index contributed by atoms with van der Waals surface area (Å²) in [4.78, 5) is 11.9. The van der Waals surface area contributed by atoms with E-state index in [0.29, 0.717) is 17.7 Å². The van der Waals surface area contributed by atoms with Gasteiger partial charge in [-0.15, -0.1) is 0 Å². The predicted molar refractivity (Wildman–Crippen MR) is 58.2 cm³/mol. The maximum atomic E-state index is 11.9. The lowest BCUT2D eigenvalue weighted by atomic mass is 9.96. The number of Topliss-reactive ketones (excluding diaryl/α,β-unsaturated/α-hetero) is 1. The highest BCUT2D eigenvalue weighted by atomic mass is 16.5. The standard InChI is InChI=1S/C12H16O3/c1-3-9(8-13)12(14)10-5-4-6-11(7-10)15-2/h4-7,9,13H,3,8H2,1-2H3. The first kappa shape index (κ1) is 11.7. The highest BCUT2D eigenvalue weighted by Gasteiger charge is 2.17. The third kappa shape index (κ3) is 2.80. The van der Waals surface area contributed by atoms with E-state index >= 15 is 0 Å². The number of benzene rings is 1. The first-order chi connectivity index (χ1) is 7.22. The van der Waals surface area contributed by atoms with Gasteiger partial charge < -0.3 is 9.84 Å². The lowest BCUT2D eigenvalue weighted by Crippen LogP contribution is -2.17. The van der Waals surface area contributed by atoms with Crippen molar-refractivity contribution in [3.8, 4) is 5.75 Å². The van der Waals surface area contributed by atoms with Gasteiger partial charge in [-0.3, -0.25) is 4.79 Å². The van der Waals surface area contributed by atoms with Crippen LogP contribution in [0.1, 0.15) is 23.7 Å². The van der Waals surface area contributed by atoms with Crippen molar-refractivity contribution in [1.82, 2.24) is 0 Å². The number of carbonyl (C=O) groups is 1. The van der Waals surface area contributed by atoms with Crippen LogP contribution in [0, 0.1) is 5.92 Å². The molecule has 1 aromatic rings. The van der Waals surface area contributed by atoms with E-state index in [0.717, 1.165) is 0 Å². The van der Waals surface area contributed by atoms with Crippen LogP contribution >= 0.6 is 0 Å². The molecule has 0 aliphatic heterocycles. The van der Waals surface area contributed by atoms with Crippen molar-refractivity contribution in [1.29, 1.82) is 0 Å². The fourth-order valence-electron chi connectivity index (χ4n) is 1.41. The van der Waals surface area contributed by atoms with Crippen molar-refractivity contribution in [2.24, 2.45) is 5.92 Å². The molecule has 82 valence electrons. The molecule has 0 aliphatic carbocycles. The highest BCUT2D eigenvalue weighted by molar-refractivity contribution is 5.98. The van der Waals surface area contributed by atoms with Crippen LogP contribution in [0.5, 0.6) is 5.75 Å². The van der Waals surface area contributed by atoms with Crippen LogP contribution in [0.25, 0.3) is 0 Å². The molecule has 0 fully saturated rings. The molecule has 1 unspecified atom stereocenters. The molecule has 0 saturated carbocycles. The van der Waals surface area contributed by atoms with Gasteiger partial charge in [0.15, 0.2) is 5.78 Å².